The third-order valence-electron chi connectivity index (χ3n) is 4.28. The summed E-state index contributed by atoms with van der Waals surface area (Å²) < 4.78 is 33.0. The van der Waals surface area contributed by atoms with Crippen molar-refractivity contribution in [2.45, 2.75) is 45.1 Å². The van der Waals surface area contributed by atoms with Crippen LogP contribution in [-0.2, 0) is 20.5 Å². The highest BCUT2D eigenvalue weighted by atomic mass is 32.2. The Hall–Kier alpha value is -1.42. The highest BCUT2D eigenvalue weighted by Crippen LogP contribution is 2.43. The number of ether oxygens (including phenoxy) is 1. The smallest absolute Gasteiger partial charge is 0.216 e. The van der Waals surface area contributed by atoms with Crippen LogP contribution in [0.2, 0.25) is 0 Å². The topological polar surface area (TPSA) is 79.2 Å². The van der Waals surface area contributed by atoms with Crippen molar-refractivity contribution in [2.75, 3.05) is 6.61 Å². The minimum atomic E-state index is -3.44. The molecule has 1 aliphatic rings. The fourth-order valence-electron chi connectivity index (χ4n) is 2.78. The van der Waals surface area contributed by atoms with E-state index in [0.29, 0.717) is 24.2 Å². The Morgan fingerprint density at radius 3 is 2.77 bits per heavy atom. The average molecular weight is 322 g/mol. The summed E-state index contributed by atoms with van der Waals surface area (Å²) in [7, 11) is -3.44. The van der Waals surface area contributed by atoms with E-state index in [1.165, 1.54) is 0 Å². The van der Waals surface area contributed by atoms with Crippen molar-refractivity contribution in [3.63, 3.8) is 0 Å². The molecule has 1 aromatic carbocycles. The Morgan fingerprint density at radius 1 is 1.45 bits per heavy atom. The lowest BCUT2D eigenvalue weighted by Crippen LogP contribution is -2.62. The third kappa shape index (κ3) is 3.67. The molecule has 1 aromatic rings. The first-order chi connectivity index (χ1) is 10.3. The zero-order valence-corrected chi connectivity index (χ0v) is 14.0. The predicted octanol–water partition coefficient (Wildman–Crippen LogP) is 2.18. The third-order valence-corrected chi connectivity index (χ3v) is 5.64. The van der Waals surface area contributed by atoms with Gasteiger partial charge >= 0.3 is 0 Å². The molecule has 1 aliphatic carbocycles. The molecule has 22 heavy (non-hydrogen) atoms. The van der Waals surface area contributed by atoms with Gasteiger partial charge in [0.05, 0.1) is 23.5 Å². The molecule has 0 radical (unpaired) electrons. The monoisotopic (exact) mass is 322 g/mol. The zero-order valence-electron chi connectivity index (χ0n) is 13.2. The van der Waals surface area contributed by atoms with Gasteiger partial charge in [-0.05, 0) is 31.0 Å². The standard InChI is InChI=1S/C16H22N2O3S/c1-4-21-15-9-14(16(15,2)3)18-22(19,20)11-13-7-5-6-12(8-13)10-17/h5-8,14-15,18H,4,9,11H2,1-3H3/t14-,15+/m1/s1. The van der Waals surface area contributed by atoms with Crippen LogP contribution in [0.4, 0.5) is 0 Å². The van der Waals surface area contributed by atoms with Crippen LogP contribution in [0.15, 0.2) is 24.3 Å². The Balaban J connectivity index is 2.02. The van der Waals surface area contributed by atoms with Crippen molar-refractivity contribution < 1.29 is 13.2 Å². The predicted molar refractivity (Wildman–Crippen MR) is 84.5 cm³/mol. The van der Waals surface area contributed by atoms with E-state index in [-0.39, 0.29) is 23.3 Å². The molecule has 5 nitrogen and oxygen atoms in total. The SMILES string of the molecule is CCO[C@H]1C[C@@H](NS(=O)(=O)Cc2cccc(C#N)c2)C1(C)C. The second-order valence-corrected chi connectivity index (χ2v) is 8.00. The van der Waals surface area contributed by atoms with Crippen LogP contribution in [0.25, 0.3) is 0 Å². The van der Waals surface area contributed by atoms with Gasteiger partial charge in [-0.3, -0.25) is 0 Å². The van der Waals surface area contributed by atoms with Crippen molar-refractivity contribution in [3.05, 3.63) is 35.4 Å². The van der Waals surface area contributed by atoms with E-state index >= 15 is 0 Å². The highest BCUT2D eigenvalue weighted by Gasteiger charge is 2.50. The Bertz CT molecular complexity index is 677. The van der Waals surface area contributed by atoms with E-state index in [1.807, 2.05) is 26.8 Å². The first-order valence-electron chi connectivity index (χ1n) is 7.39. The van der Waals surface area contributed by atoms with E-state index in [0.717, 1.165) is 0 Å². The van der Waals surface area contributed by atoms with Gasteiger partial charge in [0, 0.05) is 18.1 Å². The molecule has 0 aromatic heterocycles. The molecular weight excluding hydrogens is 300 g/mol. The number of hydrogen-bond acceptors (Lipinski definition) is 4. The van der Waals surface area contributed by atoms with E-state index in [1.54, 1.807) is 24.3 Å². The highest BCUT2D eigenvalue weighted by molar-refractivity contribution is 7.88. The molecule has 0 saturated heterocycles. The molecule has 0 bridgehead atoms. The lowest BCUT2D eigenvalue weighted by molar-refractivity contribution is -0.108. The lowest BCUT2D eigenvalue weighted by atomic mass is 9.65. The molecular formula is C16H22N2O3S. The van der Waals surface area contributed by atoms with Gasteiger partial charge in [0.15, 0.2) is 0 Å². The fraction of sp³-hybridized carbons (Fsp3) is 0.562. The molecule has 0 amide bonds. The number of nitriles is 1. The van der Waals surface area contributed by atoms with Gasteiger partial charge in [0.2, 0.25) is 10.0 Å². The summed E-state index contributed by atoms with van der Waals surface area (Å²) >= 11 is 0. The summed E-state index contributed by atoms with van der Waals surface area (Å²) in [5.74, 6) is -0.117. The van der Waals surface area contributed by atoms with Crippen LogP contribution < -0.4 is 4.72 Å². The summed E-state index contributed by atoms with van der Waals surface area (Å²) in [6, 6.07) is 8.58. The van der Waals surface area contributed by atoms with Gasteiger partial charge in [0.25, 0.3) is 0 Å². The fourth-order valence-corrected chi connectivity index (χ4v) is 4.31. The molecule has 0 aliphatic heterocycles. The van der Waals surface area contributed by atoms with Crippen LogP contribution in [0.3, 0.4) is 0 Å². The first-order valence-corrected chi connectivity index (χ1v) is 9.04. The molecule has 0 heterocycles. The van der Waals surface area contributed by atoms with Crippen LogP contribution >= 0.6 is 0 Å². The minimum Gasteiger partial charge on any atom is -0.378 e. The van der Waals surface area contributed by atoms with Crippen LogP contribution in [0, 0.1) is 16.7 Å². The van der Waals surface area contributed by atoms with Crippen molar-refractivity contribution in [3.8, 4) is 6.07 Å². The molecule has 2 atom stereocenters. The van der Waals surface area contributed by atoms with Crippen molar-refractivity contribution in [1.29, 1.82) is 5.26 Å². The van der Waals surface area contributed by atoms with E-state index in [2.05, 4.69) is 4.72 Å². The van der Waals surface area contributed by atoms with Gasteiger partial charge in [-0.2, -0.15) is 5.26 Å². The molecule has 1 fully saturated rings. The molecule has 120 valence electrons. The molecule has 1 saturated carbocycles. The van der Waals surface area contributed by atoms with Gasteiger partial charge in [-0.15, -0.1) is 0 Å². The average Bonchev–Trinajstić information content (AvgIpc) is 2.46. The maximum Gasteiger partial charge on any atom is 0.216 e. The summed E-state index contributed by atoms with van der Waals surface area (Å²) in [5, 5.41) is 8.87. The van der Waals surface area contributed by atoms with Gasteiger partial charge in [-0.1, -0.05) is 26.0 Å². The zero-order chi connectivity index (χ0) is 16.4. The number of nitrogens with zero attached hydrogens (tertiary/aromatic N) is 1. The van der Waals surface area contributed by atoms with Gasteiger partial charge < -0.3 is 4.74 Å². The van der Waals surface area contributed by atoms with Crippen LogP contribution in [-0.4, -0.2) is 27.2 Å². The van der Waals surface area contributed by atoms with Crippen molar-refractivity contribution >= 4 is 10.0 Å². The van der Waals surface area contributed by atoms with E-state index < -0.39 is 10.0 Å². The van der Waals surface area contributed by atoms with Gasteiger partial charge in [-0.25, -0.2) is 13.1 Å². The minimum absolute atomic E-state index is 0.0899. The summed E-state index contributed by atoms with van der Waals surface area (Å²) in [4.78, 5) is 0. The van der Waals surface area contributed by atoms with Crippen molar-refractivity contribution in [2.24, 2.45) is 5.41 Å². The van der Waals surface area contributed by atoms with E-state index in [4.69, 9.17) is 10.00 Å². The largest absolute Gasteiger partial charge is 0.378 e. The summed E-state index contributed by atoms with van der Waals surface area (Å²) in [6.07, 6.45) is 0.783. The number of sulfonamides is 1. The molecule has 0 spiro atoms. The molecule has 6 heteroatoms. The Morgan fingerprint density at radius 2 is 2.18 bits per heavy atom. The Kier molecular flexibility index (Phi) is 4.90. The second-order valence-electron chi connectivity index (χ2n) is 6.24. The summed E-state index contributed by atoms with van der Waals surface area (Å²) in [5.41, 5.74) is 0.871. The van der Waals surface area contributed by atoms with Crippen molar-refractivity contribution in [1.82, 2.24) is 4.72 Å². The maximum atomic E-state index is 12.3. The normalized spacial score (nSPS) is 23.5. The first kappa shape index (κ1) is 16.9. The molecule has 0 unspecified atom stereocenters. The molecule has 1 N–H and O–H groups in total. The summed E-state index contributed by atoms with van der Waals surface area (Å²) in [6.45, 7) is 6.60. The lowest BCUT2D eigenvalue weighted by Gasteiger charge is -2.51. The van der Waals surface area contributed by atoms with Gasteiger partial charge in [0.1, 0.15) is 0 Å². The quantitative estimate of drug-likeness (QED) is 0.870. The number of benzene rings is 1. The van der Waals surface area contributed by atoms with E-state index in [9.17, 15) is 8.42 Å². The number of rotatable bonds is 6. The Labute approximate surface area is 132 Å². The van der Waals surface area contributed by atoms with Crippen LogP contribution in [0.1, 0.15) is 38.3 Å². The number of hydrogen-bond donors (Lipinski definition) is 1. The maximum absolute atomic E-state index is 12.3. The molecule has 2 rings (SSSR count). The second kappa shape index (κ2) is 6.37. The number of nitrogens with one attached hydrogen (secondary N) is 1. The van der Waals surface area contributed by atoms with Crippen LogP contribution in [0.5, 0.6) is 0 Å².